The molecule has 0 aliphatic carbocycles. The van der Waals surface area contributed by atoms with Gasteiger partial charge in [0.25, 0.3) is 0 Å². The topological polar surface area (TPSA) is 40.8 Å². The molecular formula is C21H21N3O. The fourth-order valence-corrected chi connectivity index (χ4v) is 4.06. The maximum absolute atomic E-state index is 9.94. The van der Waals surface area contributed by atoms with Gasteiger partial charge in [0.2, 0.25) is 0 Å². The van der Waals surface area contributed by atoms with E-state index in [1.807, 2.05) is 0 Å². The van der Waals surface area contributed by atoms with Crippen molar-refractivity contribution in [3.8, 4) is 0 Å². The molecule has 5 rings (SSSR count). The van der Waals surface area contributed by atoms with E-state index in [0.717, 1.165) is 31.3 Å². The summed E-state index contributed by atoms with van der Waals surface area (Å²) in [7, 11) is 0. The number of aliphatic hydroxyl groups is 1. The smallest absolute Gasteiger partial charge is 0.123 e. The van der Waals surface area contributed by atoms with E-state index in [9.17, 15) is 5.11 Å². The minimum absolute atomic E-state index is 0.177. The molecule has 4 nitrogen and oxygen atoms in total. The van der Waals surface area contributed by atoms with E-state index in [2.05, 4.69) is 64.1 Å². The van der Waals surface area contributed by atoms with Crippen molar-refractivity contribution < 1.29 is 5.11 Å². The number of nitrogens with zero attached hydrogens (tertiary/aromatic N) is 3. The highest BCUT2D eigenvalue weighted by Crippen LogP contribution is 2.27. The van der Waals surface area contributed by atoms with E-state index in [-0.39, 0.29) is 6.10 Å². The third-order valence-electron chi connectivity index (χ3n) is 5.32. The highest BCUT2D eigenvalue weighted by atomic mass is 16.3. The van der Waals surface area contributed by atoms with E-state index < -0.39 is 0 Å². The van der Waals surface area contributed by atoms with E-state index in [1.165, 1.54) is 27.6 Å². The van der Waals surface area contributed by atoms with Crippen LogP contribution >= 0.6 is 0 Å². The lowest BCUT2D eigenvalue weighted by Gasteiger charge is -2.34. The minimum Gasteiger partial charge on any atom is -0.393 e. The van der Waals surface area contributed by atoms with Gasteiger partial charge in [0.15, 0.2) is 0 Å². The molecule has 126 valence electrons. The van der Waals surface area contributed by atoms with Gasteiger partial charge in [-0.3, -0.25) is 9.56 Å². The second-order valence-electron chi connectivity index (χ2n) is 6.91. The molecule has 1 saturated heterocycles. The number of para-hydroxylation sites is 2. The summed E-state index contributed by atoms with van der Waals surface area (Å²) in [5.41, 5.74) is 2.45. The van der Waals surface area contributed by atoms with Crippen molar-refractivity contribution in [2.24, 2.45) is 4.99 Å². The van der Waals surface area contributed by atoms with Crippen molar-refractivity contribution in [2.45, 2.75) is 25.5 Å². The summed E-state index contributed by atoms with van der Waals surface area (Å²) in [6.45, 7) is 2.43. The fraction of sp³-hybridized carbons (Fsp3) is 0.286. The van der Waals surface area contributed by atoms with Gasteiger partial charge in [-0.2, -0.15) is 0 Å². The molecule has 1 aromatic heterocycles. The highest BCUT2D eigenvalue weighted by Gasteiger charge is 2.24. The van der Waals surface area contributed by atoms with E-state index >= 15 is 0 Å². The number of benzene rings is 2. The maximum Gasteiger partial charge on any atom is 0.123 e. The summed E-state index contributed by atoms with van der Waals surface area (Å²) in [5.74, 6) is 1.21. The van der Waals surface area contributed by atoms with Crippen molar-refractivity contribution in [3.63, 3.8) is 0 Å². The van der Waals surface area contributed by atoms with Crippen molar-refractivity contribution in [3.05, 3.63) is 70.9 Å². The summed E-state index contributed by atoms with van der Waals surface area (Å²) >= 11 is 0. The average molecular weight is 331 g/mol. The van der Waals surface area contributed by atoms with Gasteiger partial charge in [-0.05, 0) is 37.1 Å². The molecule has 2 aliphatic heterocycles. The zero-order valence-electron chi connectivity index (χ0n) is 14.1. The van der Waals surface area contributed by atoms with Crippen LogP contribution in [-0.4, -0.2) is 33.8 Å². The van der Waals surface area contributed by atoms with Crippen LogP contribution in [-0.2, 0) is 6.54 Å². The van der Waals surface area contributed by atoms with Crippen molar-refractivity contribution >= 4 is 16.7 Å². The zero-order valence-corrected chi connectivity index (χ0v) is 14.1. The van der Waals surface area contributed by atoms with Crippen molar-refractivity contribution in [1.29, 1.82) is 0 Å². The first-order valence-corrected chi connectivity index (χ1v) is 8.98. The summed E-state index contributed by atoms with van der Waals surface area (Å²) in [5, 5.41) is 13.4. The molecule has 0 radical (unpaired) electrons. The van der Waals surface area contributed by atoms with Gasteiger partial charge in [-0.1, -0.05) is 30.3 Å². The molecule has 0 bridgehead atoms. The van der Waals surface area contributed by atoms with Crippen LogP contribution in [0, 0.1) is 0 Å². The Morgan fingerprint density at radius 3 is 2.60 bits per heavy atom. The lowest BCUT2D eigenvalue weighted by molar-refractivity contribution is 0.104. The number of fused-ring (bicyclic) bond motifs is 4. The lowest BCUT2D eigenvalue weighted by Crippen LogP contribution is -2.42. The summed E-state index contributed by atoms with van der Waals surface area (Å²) in [6.07, 6.45) is 1.46. The lowest BCUT2D eigenvalue weighted by atomic mass is 10.1. The number of aliphatic hydroxyl groups excluding tert-OH is 1. The Kier molecular flexibility index (Phi) is 3.38. The predicted octanol–water partition coefficient (Wildman–Crippen LogP) is 1.85. The van der Waals surface area contributed by atoms with Gasteiger partial charge in [0, 0.05) is 29.4 Å². The molecule has 25 heavy (non-hydrogen) atoms. The number of piperidine rings is 1. The Morgan fingerprint density at radius 2 is 1.72 bits per heavy atom. The van der Waals surface area contributed by atoms with Crippen LogP contribution in [0.4, 0.5) is 0 Å². The molecular weight excluding hydrogens is 310 g/mol. The molecule has 0 atom stereocenters. The maximum atomic E-state index is 9.94. The van der Waals surface area contributed by atoms with Crippen LogP contribution in [0.3, 0.4) is 0 Å². The Labute approximate surface area is 146 Å². The second kappa shape index (κ2) is 5.74. The van der Waals surface area contributed by atoms with E-state index in [0.29, 0.717) is 6.54 Å². The third-order valence-corrected chi connectivity index (χ3v) is 5.32. The molecule has 0 unspecified atom stereocenters. The Bertz CT molecular complexity index is 1060. The molecule has 2 aliphatic rings. The molecule has 0 amide bonds. The van der Waals surface area contributed by atoms with Crippen molar-refractivity contribution in [2.75, 3.05) is 13.1 Å². The zero-order chi connectivity index (χ0) is 16.8. The Hall–Kier alpha value is -2.59. The molecule has 4 heteroatoms. The normalized spacial score (nSPS) is 17.8. The van der Waals surface area contributed by atoms with E-state index in [4.69, 9.17) is 4.99 Å². The summed E-state index contributed by atoms with van der Waals surface area (Å²) < 4.78 is 2.38. The van der Waals surface area contributed by atoms with Gasteiger partial charge in [0.05, 0.1) is 23.5 Å². The van der Waals surface area contributed by atoms with Gasteiger partial charge in [-0.15, -0.1) is 0 Å². The molecule has 1 N–H and O–H groups in total. The molecule has 2 aromatic carbocycles. The Balaban J connectivity index is 1.83. The first kappa shape index (κ1) is 14.7. The first-order chi connectivity index (χ1) is 12.3. The molecule has 1 fully saturated rings. The number of likely N-dealkylation sites (tertiary alicyclic amines) is 1. The van der Waals surface area contributed by atoms with Gasteiger partial charge >= 0.3 is 0 Å². The number of rotatable bonds is 1. The molecule has 3 heterocycles. The van der Waals surface area contributed by atoms with Crippen molar-refractivity contribution in [1.82, 2.24) is 9.47 Å². The summed E-state index contributed by atoms with van der Waals surface area (Å²) in [4.78, 5) is 7.28. The van der Waals surface area contributed by atoms with Crippen LogP contribution in [0.5, 0.6) is 0 Å². The fourth-order valence-electron chi connectivity index (χ4n) is 4.06. The van der Waals surface area contributed by atoms with Gasteiger partial charge < -0.3 is 10.0 Å². The van der Waals surface area contributed by atoms with Gasteiger partial charge in [0.1, 0.15) is 5.82 Å². The number of aromatic nitrogens is 1. The van der Waals surface area contributed by atoms with Crippen LogP contribution in [0.15, 0.2) is 59.6 Å². The second-order valence-corrected chi connectivity index (χ2v) is 6.91. The first-order valence-electron chi connectivity index (χ1n) is 8.98. The summed E-state index contributed by atoms with van der Waals surface area (Å²) in [6, 6.07) is 19.2. The number of hydrogen-bond acceptors (Lipinski definition) is 3. The molecule has 3 aromatic rings. The minimum atomic E-state index is -0.177. The number of hydrogen-bond donors (Lipinski definition) is 1. The quantitative estimate of drug-likeness (QED) is 0.739. The molecule has 0 spiro atoms. The SMILES string of the molecule is OC1CCN(C2=c3ccccc3=NCc3cc4ccccc4n32)CC1. The Morgan fingerprint density at radius 1 is 0.960 bits per heavy atom. The average Bonchev–Trinajstić information content (AvgIpc) is 2.93. The van der Waals surface area contributed by atoms with Gasteiger partial charge in [-0.25, -0.2) is 0 Å². The third kappa shape index (κ3) is 2.36. The van der Waals surface area contributed by atoms with Crippen LogP contribution in [0.1, 0.15) is 18.5 Å². The van der Waals surface area contributed by atoms with E-state index in [1.54, 1.807) is 0 Å². The largest absolute Gasteiger partial charge is 0.393 e. The highest BCUT2D eigenvalue weighted by molar-refractivity contribution is 5.84. The van der Waals surface area contributed by atoms with Crippen LogP contribution in [0.2, 0.25) is 0 Å². The van der Waals surface area contributed by atoms with Crippen LogP contribution in [0.25, 0.3) is 16.7 Å². The predicted molar refractivity (Wildman–Crippen MR) is 98.5 cm³/mol. The standard InChI is InChI=1S/C21H21N3O/c25-17-9-11-23(12-10-17)21-18-6-2-3-7-19(18)22-14-16-13-15-5-1-4-8-20(15)24(16)21/h1-8,13,17,25H,9-12,14H2. The van der Waals surface area contributed by atoms with Crippen LogP contribution < -0.4 is 10.6 Å². The molecule has 0 saturated carbocycles. The monoisotopic (exact) mass is 331 g/mol.